The summed E-state index contributed by atoms with van der Waals surface area (Å²) in [5, 5.41) is 3.86. The van der Waals surface area contributed by atoms with E-state index in [1.807, 2.05) is 42.5 Å². The molecule has 1 aromatic heterocycles. The van der Waals surface area contributed by atoms with E-state index in [0.29, 0.717) is 28.7 Å². The monoisotopic (exact) mass is 430 g/mol. The second-order valence-corrected chi connectivity index (χ2v) is 7.20. The Morgan fingerprint density at radius 2 is 1.83 bits per heavy atom. The third kappa shape index (κ3) is 5.00. The van der Waals surface area contributed by atoms with Crippen LogP contribution in [0.1, 0.15) is 22.3 Å². The quantitative estimate of drug-likeness (QED) is 0.560. The molecular weight excluding hydrogens is 411 g/mol. The van der Waals surface area contributed by atoms with Gasteiger partial charge < -0.3 is 10.1 Å². The molecule has 0 atom stereocenters. The summed E-state index contributed by atoms with van der Waals surface area (Å²) < 4.78 is 6.68. The van der Waals surface area contributed by atoms with E-state index in [9.17, 15) is 9.59 Å². The zero-order valence-electron chi connectivity index (χ0n) is 15.8. The Hall–Kier alpha value is -2.76. The molecule has 0 fully saturated rings. The Labute approximate surface area is 178 Å². The second kappa shape index (κ2) is 9.63. The molecule has 0 aliphatic carbocycles. The topological polar surface area (TPSA) is 60.3 Å². The van der Waals surface area contributed by atoms with Crippen molar-refractivity contribution >= 4 is 29.1 Å². The number of amides is 1. The average molecular weight is 431 g/mol. The van der Waals surface area contributed by atoms with Crippen LogP contribution in [0.25, 0.3) is 5.69 Å². The summed E-state index contributed by atoms with van der Waals surface area (Å²) >= 11 is 11.9. The van der Waals surface area contributed by atoms with E-state index in [1.165, 1.54) is 11.7 Å². The van der Waals surface area contributed by atoms with E-state index in [4.69, 9.17) is 27.9 Å². The summed E-state index contributed by atoms with van der Waals surface area (Å²) in [6.45, 7) is 0.448. The van der Waals surface area contributed by atoms with E-state index in [0.717, 1.165) is 12.0 Å². The van der Waals surface area contributed by atoms with Gasteiger partial charge in [-0.25, -0.2) is 0 Å². The van der Waals surface area contributed by atoms with Gasteiger partial charge in [-0.2, -0.15) is 0 Å². The van der Waals surface area contributed by atoms with E-state index in [-0.39, 0.29) is 22.8 Å². The van der Waals surface area contributed by atoms with Crippen molar-refractivity contribution in [3.8, 4) is 11.4 Å². The Morgan fingerprint density at radius 3 is 2.52 bits per heavy atom. The van der Waals surface area contributed by atoms with Crippen LogP contribution in [0.3, 0.4) is 0 Å². The fourth-order valence-electron chi connectivity index (χ4n) is 2.97. The molecule has 2 aromatic carbocycles. The second-order valence-electron chi connectivity index (χ2n) is 6.38. The van der Waals surface area contributed by atoms with Gasteiger partial charge in [0.05, 0.1) is 22.7 Å². The lowest BCUT2D eigenvalue weighted by molar-refractivity contribution is 0.0949. The number of ether oxygens (including phenoxy) is 1. The fraction of sp³-hybridized carbons (Fsp3) is 0.182. The number of methoxy groups -OCH3 is 1. The van der Waals surface area contributed by atoms with Gasteiger partial charge in [0.15, 0.2) is 5.75 Å². The van der Waals surface area contributed by atoms with Crippen LogP contribution in [0.15, 0.2) is 65.6 Å². The number of pyridine rings is 1. The van der Waals surface area contributed by atoms with Crippen molar-refractivity contribution < 1.29 is 9.53 Å². The van der Waals surface area contributed by atoms with E-state index < -0.39 is 0 Å². The first-order valence-electron chi connectivity index (χ1n) is 9.08. The molecule has 150 valence electrons. The van der Waals surface area contributed by atoms with Crippen LogP contribution < -0.4 is 15.6 Å². The maximum absolute atomic E-state index is 12.7. The predicted molar refractivity (Wildman–Crippen MR) is 116 cm³/mol. The number of para-hydroxylation sites is 1. The Kier molecular flexibility index (Phi) is 6.96. The van der Waals surface area contributed by atoms with Crippen molar-refractivity contribution in [3.63, 3.8) is 0 Å². The number of hydrogen-bond donors (Lipinski definition) is 1. The van der Waals surface area contributed by atoms with Gasteiger partial charge in [-0.15, -0.1) is 0 Å². The first kappa shape index (κ1) is 21.0. The summed E-state index contributed by atoms with van der Waals surface area (Å²) in [4.78, 5) is 25.3. The number of benzene rings is 2. The summed E-state index contributed by atoms with van der Waals surface area (Å²) in [7, 11) is 1.38. The third-order valence-electron chi connectivity index (χ3n) is 4.44. The van der Waals surface area contributed by atoms with Crippen LogP contribution in [-0.4, -0.2) is 24.1 Å². The van der Waals surface area contributed by atoms with Crippen molar-refractivity contribution in [2.75, 3.05) is 13.7 Å². The van der Waals surface area contributed by atoms with Crippen LogP contribution in [0.2, 0.25) is 10.0 Å². The smallest absolute Gasteiger partial charge is 0.298 e. The van der Waals surface area contributed by atoms with Crippen molar-refractivity contribution in [1.29, 1.82) is 0 Å². The van der Waals surface area contributed by atoms with Crippen LogP contribution in [-0.2, 0) is 6.42 Å². The van der Waals surface area contributed by atoms with Crippen LogP contribution in [0, 0.1) is 0 Å². The van der Waals surface area contributed by atoms with Gasteiger partial charge in [0.25, 0.3) is 11.5 Å². The van der Waals surface area contributed by atoms with E-state index >= 15 is 0 Å². The number of carbonyl (C=O) groups is 1. The number of halogens is 2. The molecule has 0 aliphatic heterocycles. The fourth-order valence-corrected chi connectivity index (χ4v) is 3.29. The first-order chi connectivity index (χ1) is 14.0. The maximum atomic E-state index is 12.7. The van der Waals surface area contributed by atoms with Gasteiger partial charge in [0.1, 0.15) is 0 Å². The van der Waals surface area contributed by atoms with Crippen molar-refractivity contribution in [3.05, 3.63) is 92.3 Å². The number of nitrogens with zero attached hydrogens (tertiary/aromatic N) is 1. The molecule has 0 aliphatic rings. The van der Waals surface area contributed by atoms with Gasteiger partial charge in [0.2, 0.25) is 0 Å². The number of aromatic nitrogens is 1. The molecule has 0 unspecified atom stereocenters. The lowest BCUT2D eigenvalue weighted by Gasteiger charge is -2.12. The van der Waals surface area contributed by atoms with Crippen molar-refractivity contribution in [2.24, 2.45) is 0 Å². The Balaban J connectivity index is 1.66. The number of carbonyl (C=O) groups excluding carboxylic acids is 1. The highest BCUT2D eigenvalue weighted by atomic mass is 35.5. The van der Waals surface area contributed by atoms with Crippen molar-refractivity contribution in [1.82, 2.24) is 9.88 Å². The molecule has 0 saturated carbocycles. The summed E-state index contributed by atoms with van der Waals surface area (Å²) in [5.41, 5.74) is 1.56. The maximum Gasteiger partial charge on any atom is 0.298 e. The molecule has 29 heavy (non-hydrogen) atoms. The summed E-state index contributed by atoms with van der Waals surface area (Å²) in [6, 6.07) is 16.2. The normalized spacial score (nSPS) is 10.6. The number of nitrogens with one attached hydrogen (secondary N) is 1. The molecule has 7 heteroatoms. The minimum Gasteiger partial charge on any atom is -0.490 e. The van der Waals surface area contributed by atoms with Crippen LogP contribution in [0.5, 0.6) is 5.75 Å². The standard InChI is InChI=1S/C22H20Cl2N2O3/c1-29-20-17(11-13-26(22(20)28)16-7-3-2-4-8-16)21(27)25-12-5-6-15-9-10-18(23)19(24)14-15/h2-4,7-11,13-14H,5-6,12H2,1H3,(H,25,27). The van der Waals surface area contributed by atoms with Gasteiger partial charge >= 0.3 is 0 Å². The SMILES string of the molecule is COc1c(C(=O)NCCCc2ccc(Cl)c(Cl)c2)ccn(-c2ccccc2)c1=O. The van der Waals surface area contributed by atoms with Gasteiger partial charge in [-0.1, -0.05) is 47.5 Å². The molecule has 1 heterocycles. The zero-order valence-corrected chi connectivity index (χ0v) is 17.3. The van der Waals surface area contributed by atoms with Gasteiger partial charge in [0, 0.05) is 18.4 Å². The molecule has 0 bridgehead atoms. The molecule has 0 spiro atoms. The number of aryl methyl sites for hydroxylation is 1. The van der Waals surface area contributed by atoms with E-state index in [2.05, 4.69) is 5.32 Å². The summed E-state index contributed by atoms with van der Waals surface area (Å²) in [6.07, 6.45) is 3.03. The Morgan fingerprint density at radius 1 is 1.07 bits per heavy atom. The van der Waals surface area contributed by atoms with Gasteiger partial charge in [-0.3, -0.25) is 14.2 Å². The molecule has 3 rings (SSSR count). The minimum atomic E-state index is -0.387. The van der Waals surface area contributed by atoms with Crippen molar-refractivity contribution in [2.45, 2.75) is 12.8 Å². The number of hydrogen-bond acceptors (Lipinski definition) is 3. The zero-order chi connectivity index (χ0) is 20.8. The predicted octanol–water partition coefficient (Wildman–Crippen LogP) is 4.52. The lowest BCUT2D eigenvalue weighted by atomic mass is 10.1. The van der Waals surface area contributed by atoms with Gasteiger partial charge in [-0.05, 0) is 48.7 Å². The average Bonchev–Trinajstić information content (AvgIpc) is 2.74. The highest BCUT2D eigenvalue weighted by Gasteiger charge is 2.17. The summed E-state index contributed by atoms with van der Waals surface area (Å²) in [5.74, 6) is -0.341. The molecule has 5 nitrogen and oxygen atoms in total. The minimum absolute atomic E-state index is 0.0123. The highest BCUT2D eigenvalue weighted by molar-refractivity contribution is 6.42. The first-order valence-corrected chi connectivity index (χ1v) is 9.84. The Bertz CT molecular complexity index is 1070. The van der Waals surface area contributed by atoms with E-state index in [1.54, 1.807) is 18.3 Å². The molecule has 3 aromatic rings. The molecule has 0 radical (unpaired) electrons. The molecule has 0 saturated heterocycles. The lowest BCUT2D eigenvalue weighted by Crippen LogP contribution is -2.29. The highest BCUT2D eigenvalue weighted by Crippen LogP contribution is 2.23. The molecule has 1 amide bonds. The largest absolute Gasteiger partial charge is 0.490 e. The third-order valence-corrected chi connectivity index (χ3v) is 5.18. The number of rotatable bonds is 7. The molecule has 1 N–H and O–H groups in total. The van der Waals surface area contributed by atoms with Crippen LogP contribution in [0.4, 0.5) is 0 Å². The molecular formula is C22H20Cl2N2O3. The van der Waals surface area contributed by atoms with Crippen LogP contribution >= 0.6 is 23.2 Å².